The monoisotopic (exact) mass is 327 g/mol. The minimum Gasteiger partial charge on any atom is -0.395 e. The molecule has 0 aliphatic heterocycles. The van der Waals surface area contributed by atoms with E-state index in [0.29, 0.717) is 29.3 Å². The lowest BCUT2D eigenvalue weighted by Crippen LogP contribution is -2.13. The van der Waals surface area contributed by atoms with Gasteiger partial charge in [-0.05, 0) is 47.9 Å². The molecule has 7 N–H and O–H groups in total. The lowest BCUT2D eigenvalue weighted by atomic mass is 10.1. The molecule has 0 fully saturated rings. The molecule has 0 aliphatic rings. The van der Waals surface area contributed by atoms with Crippen LogP contribution in [0.15, 0.2) is 36.7 Å². The lowest BCUT2D eigenvalue weighted by Gasteiger charge is -2.10. The highest BCUT2D eigenvalue weighted by atomic mass is 19.1. The first-order chi connectivity index (χ1) is 11.5. The zero-order valence-corrected chi connectivity index (χ0v) is 13.1. The molecule has 0 bridgehead atoms. The molecule has 0 unspecified atom stereocenters. The van der Waals surface area contributed by atoms with Gasteiger partial charge in [0.05, 0.1) is 17.6 Å². The molecule has 8 heteroatoms. The number of pyridine rings is 1. The third-order valence-corrected chi connectivity index (χ3v) is 3.74. The third-order valence-electron chi connectivity index (χ3n) is 3.74. The van der Waals surface area contributed by atoms with Crippen molar-refractivity contribution < 1.29 is 4.39 Å². The summed E-state index contributed by atoms with van der Waals surface area (Å²) < 4.78 is 15.1. The van der Waals surface area contributed by atoms with Crippen LogP contribution < -0.4 is 22.7 Å². The van der Waals surface area contributed by atoms with Gasteiger partial charge < -0.3 is 16.9 Å². The second kappa shape index (κ2) is 6.17. The van der Waals surface area contributed by atoms with E-state index in [4.69, 9.17) is 17.3 Å². The van der Waals surface area contributed by atoms with Crippen LogP contribution in [0.3, 0.4) is 0 Å². The maximum Gasteiger partial charge on any atom is 0.165 e. The fraction of sp³-hybridized carbons (Fsp3) is 0.125. The maximum absolute atomic E-state index is 13.4. The Labute approximate surface area is 138 Å². The van der Waals surface area contributed by atoms with Crippen molar-refractivity contribution >= 4 is 17.3 Å². The molecule has 0 spiro atoms. The molecule has 0 radical (unpaired) electrons. The summed E-state index contributed by atoms with van der Waals surface area (Å²) in [5.41, 5.74) is 17.7. The molecule has 124 valence electrons. The second-order valence-electron chi connectivity index (χ2n) is 5.52. The highest BCUT2D eigenvalue weighted by Gasteiger charge is 2.10. The fourth-order valence-electron chi connectivity index (χ4n) is 2.47. The van der Waals surface area contributed by atoms with Gasteiger partial charge in [0.1, 0.15) is 11.6 Å². The number of nitrogens with one attached hydrogen (secondary N) is 1. The molecule has 1 aromatic carbocycles. The smallest absolute Gasteiger partial charge is 0.165 e. The molecule has 0 amide bonds. The van der Waals surface area contributed by atoms with Gasteiger partial charge in [0.25, 0.3) is 0 Å². The van der Waals surface area contributed by atoms with E-state index >= 15 is 0 Å². The zero-order chi connectivity index (χ0) is 17.3. The average Bonchev–Trinajstić information content (AvgIpc) is 3.01. The summed E-state index contributed by atoms with van der Waals surface area (Å²) in [6, 6.07) is 6.54. The number of rotatable bonds is 4. The van der Waals surface area contributed by atoms with Gasteiger partial charge in [0, 0.05) is 12.6 Å². The molecule has 3 rings (SSSR count). The summed E-state index contributed by atoms with van der Waals surface area (Å²) in [4.78, 5) is 4.02. The number of hydrogen-bond acceptors (Lipinski definition) is 6. The molecule has 0 atom stereocenters. The molecular formula is C16H18FN7. The van der Waals surface area contributed by atoms with Crippen LogP contribution in [0.1, 0.15) is 16.7 Å². The summed E-state index contributed by atoms with van der Waals surface area (Å²) in [7, 11) is 0. The van der Waals surface area contributed by atoms with Crippen LogP contribution in [0.25, 0.3) is 5.69 Å². The van der Waals surface area contributed by atoms with Crippen molar-refractivity contribution in [2.75, 3.05) is 16.9 Å². The van der Waals surface area contributed by atoms with E-state index in [2.05, 4.69) is 15.5 Å². The van der Waals surface area contributed by atoms with E-state index in [1.165, 1.54) is 6.07 Å². The predicted molar refractivity (Wildman–Crippen MR) is 91.9 cm³/mol. The standard InChI is InChI=1S/C16H18FN7/c1-9-4-12(2-3-13(9)17)24-8-10(7-21-24)5-11-6-14(18)22-16(23-20)15(11)19/h2-4,6-8H,5,19-20H2,1H3,(H3,18,22,23). The molecule has 0 saturated heterocycles. The van der Waals surface area contributed by atoms with E-state index in [9.17, 15) is 4.39 Å². The Morgan fingerprint density at radius 1 is 1.25 bits per heavy atom. The summed E-state index contributed by atoms with van der Waals surface area (Å²) in [5.74, 6) is 5.82. The Balaban J connectivity index is 1.89. The zero-order valence-electron chi connectivity index (χ0n) is 13.1. The Bertz CT molecular complexity index is 888. The minimum atomic E-state index is -0.243. The number of aromatic nitrogens is 3. The van der Waals surface area contributed by atoms with Gasteiger partial charge >= 0.3 is 0 Å². The summed E-state index contributed by atoms with van der Waals surface area (Å²) >= 11 is 0. The van der Waals surface area contributed by atoms with Gasteiger partial charge in [-0.2, -0.15) is 5.10 Å². The Morgan fingerprint density at radius 3 is 2.75 bits per heavy atom. The van der Waals surface area contributed by atoms with E-state index in [1.54, 1.807) is 36.0 Å². The molecule has 3 aromatic rings. The highest BCUT2D eigenvalue weighted by molar-refractivity contribution is 5.68. The van der Waals surface area contributed by atoms with Gasteiger partial charge in [-0.25, -0.2) is 19.9 Å². The van der Waals surface area contributed by atoms with Crippen LogP contribution in [0.4, 0.5) is 21.7 Å². The van der Waals surface area contributed by atoms with Gasteiger partial charge in [0.15, 0.2) is 5.82 Å². The quantitative estimate of drug-likeness (QED) is 0.428. The molecule has 7 nitrogen and oxygen atoms in total. The molecular weight excluding hydrogens is 309 g/mol. The average molecular weight is 327 g/mol. The van der Waals surface area contributed by atoms with Crippen LogP contribution in [0, 0.1) is 12.7 Å². The number of hydrogen-bond donors (Lipinski definition) is 4. The van der Waals surface area contributed by atoms with Crippen LogP contribution in [0.5, 0.6) is 0 Å². The molecule has 2 aromatic heterocycles. The number of benzene rings is 1. The van der Waals surface area contributed by atoms with Crippen molar-refractivity contribution in [1.82, 2.24) is 14.8 Å². The van der Waals surface area contributed by atoms with E-state index in [1.807, 2.05) is 6.20 Å². The van der Waals surface area contributed by atoms with Crippen molar-refractivity contribution in [2.45, 2.75) is 13.3 Å². The van der Waals surface area contributed by atoms with E-state index in [-0.39, 0.29) is 5.82 Å². The van der Waals surface area contributed by atoms with Crippen LogP contribution in [0.2, 0.25) is 0 Å². The van der Waals surface area contributed by atoms with Gasteiger partial charge in [-0.1, -0.05) is 0 Å². The first kappa shape index (κ1) is 15.8. The largest absolute Gasteiger partial charge is 0.395 e. The maximum atomic E-state index is 13.4. The summed E-state index contributed by atoms with van der Waals surface area (Å²) in [6.45, 7) is 1.71. The number of halogens is 1. The van der Waals surface area contributed by atoms with Crippen molar-refractivity contribution in [1.29, 1.82) is 0 Å². The first-order valence-electron chi connectivity index (χ1n) is 7.29. The minimum absolute atomic E-state index is 0.243. The molecule has 2 heterocycles. The predicted octanol–water partition coefficient (Wildman–Crippen LogP) is 1.76. The lowest BCUT2D eigenvalue weighted by molar-refractivity contribution is 0.617. The summed E-state index contributed by atoms with van der Waals surface area (Å²) in [5, 5.41) is 4.31. The van der Waals surface area contributed by atoms with Gasteiger partial charge in [-0.15, -0.1) is 0 Å². The third kappa shape index (κ3) is 2.99. The summed E-state index contributed by atoms with van der Waals surface area (Å²) in [6.07, 6.45) is 4.11. The van der Waals surface area contributed by atoms with Gasteiger partial charge in [0.2, 0.25) is 0 Å². The van der Waals surface area contributed by atoms with Crippen LogP contribution in [-0.4, -0.2) is 14.8 Å². The van der Waals surface area contributed by atoms with Crippen molar-refractivity contribution in [3.05, 3.63) is 59.2 Å². The van der Waals surface area contributed by atoms with Gasteiger partial charge in [-0.3, -0.25) is 0 Å². The number of nitrogen functional groups attached to an aromatic ring is 3. The van der Waals surface area contributed by atoms with Crippen LogP contribution >= 0.6 is 0 Å². The molecule has 24 heavy (non-hydrogen) atoms. The molecule has 0 aliphatic carbocycles. The normalized spacial score (nSPS) is 10.8. The Hall–Kier alpha value is -3.13. The number of nitrogens with zero attached hydrogens (tertiary/aromatic N) is 3. The van der Waals surface area contributed by atoms with E-state index < -0.39 is 0 Å². The van der Waals surface area contributed by atoms with E-state index in [0.717, 1.165) is 16.8 Å². The molecule has 0 saturated carbocycles. The number of anilines is 3. The highest BCUT2D eigenvalue weighted by Crippen LogP contribution is 2.25. The van der Waals surface area contributed by atoms with Crippen molar-refractivity contribution in [3.8, 4) is 5.69 Å². The number of aryl methyl sites for hydroxylation is 1. The number of nitrogens with two attached hydrogens (primary N) is 3. The number of hydrazine groups is 1. The van der Waals surface area contributed by atoms with Crippen LogP contribution in [-0.2, 0) is 6.42 Å². The first-order valence-corrected chi connectivity index (χ1v) is 7.29. The fourth-order valence-corrected chi connectivity index (χ4v) is 2.47. The topological polar surface area (TPSA) is 121 Å². The Morgan fingerprint density at radius 2 is 2.04 bits per heavy atom. The van der Waals surface area contributed by atoms with Crippen molar-refractivity contribution in [3.63, 3.8) is 0 Å². The second-order valence-corrected chi connectivity index (χ2v) is 5.52. The van der Waals surface area contributed by atoms with Crippen molar-refractivity contribution in [2.24, 2.45) is 5.84 Å². The Kier molecular flexibility index (Phi) is 4.05. The SMILES string of the molecule is Cc1cc(-n2cc(Cc3cc(N)nc(NN)c3N)cn2)ccc1F.